The van der Waals surface area contributed by atoms with E-state index in [0.717, 1.165) is 25.7 Å². The number of amides is 1. The van der Waals surface area contributed by atoms with Crippen LogP contribution in [0.15, 0.2) is 36.4 Å². The molecule has 8 heteroatoms. The first-order valence-electron chi connectivity index (χ1n) is 10.3. The topological polar surface area (TPSA) is 61.5 Å². The van der Waals surface area contributed by atoms with Crippen LogP contribution in [0.4, 0.5) is 9.18 Å². The van der Waals surface area contributed by atoms with Gasteiger partial charge in [-0.3, -0.25) is 10.00 Å². The van der Waals surface area contributed by atoms with Crippen LogP contribution in [0.25, 0.3) is 22.0 Å². The fraction of sp³-hybridized carbons (Fsp3) is 0.391. The normalized spacial score (nSPS) is 15.5. The molecule has 0 saturated carbocycles. The molecule has 0 spiro atoms. The van der Waals surface area contributed by atoms with Gasteiger partial charge in [-0.15, -0.1) is 0 Å². The lowest BCUT2D eigenvalue weighted by Crippen LogP contribution is -2.49. The van der Waals surface area contributed by atoms with E-state index in [0.29, 0.717) is 38.3 Å². The number of piperazine rings is 1. The van der Waals surface area contributed by atoms with Gasteiger partial charge in [-0.1, -0.05) is 18.2 Å². The largest absolute Gasteiger partial charge is 0.444 e. The number of H-pyrrole nitrogens is 1. The Hall–Kier alpha value is -2.20. The minimum atomic E-state index is -0.500. The van der Waals surface area contributed by atoms with Crippen LogP contribution in [0, 0.1) is 9.52 Å². The van der Waals surface area contributed by atoms with E-state index in [9.17, 15) is 9.18 Å². The van der Waals surface area contributed by atoms with Gasteiger partial charge in [0.25, 0.3) is 0 Å². The van der Waals surface area contributed by atoms with Crippen LogP contribution in [-0.4, -0.2) is 57.9 Å². The van der Waals surface area contributed by atoms with Crippen molar-refractivity contribution in [2.75, 3.05) is 26.2 Å². The predicted molar refractivity (Wildman–Crippen MR) is 127 cm³/mol. The number of hydrogen-bond acceptors (Lipinski definition) is 4. The Morgan fingerprint density at radius 3 is 2.48 bits per heavy atom. The Labute approximate surface area is 194 Å². The molecule has 0 atom stereocenters. The highest BCUT2D eigenvalue weighted by Gasteiger charge is 2.26. The first-order valence-corrected chi connectivity index (χ1v) is 11.4. The van der Waals surface area contributed by atoms with Crippen molar-refractivity contribution in [3.63, 3.8) is 0 Å². The van der Waals surface area contributed by atoms with E-state index in [4.69, 9.17) is 4.74 Å². The fourth-order valence-corrected chi connectivity index (χ4v) is 4.22. The van der Waals surface area contributed by atoms with Gasteiger partial charge in [-0.25, -0.2) is 9.18 Å². The van der Waals surface area contributed by atoms with Crippen molar-refractivity contribution >= 4 is 39.6 Å². The second-order valence-corrected chi connectivity index (χ2v) is 9.90. The lowest BCUT2D eigenvalue weighted by molar-refractivity contribution is 0.0138. The molecule has 0 aliphatic carbocycles. The number of nitrogens with zero attached hydrogens (tertiary/aromatic N) is 3. The maximum absolute atomic E-state index is 14.9. The summed E-state index contributed by atoms with van der Waals surface area (Å²) in [5.74, 6) is -0.214. The molecule has 1 aliphatic rings. The summed E-state index contributed by atoms with van der Waals surface area (Å²) in [7, 11) is 0. The number of carbonyl (C=O) groups is 1. The predicted octanol–water partition coefficient (Wildman–Crippen LogP) is 5.03. The molecule has 1 amide bonds. The second kappa shape index (κ2) is 8.74. The van der Waals surface area contributed by atoms with Gasteiger partial charge in [0.2, 0.25) is 0 Å². The molecule has 1 saturated heterocycles. The van der Waals surface area contributed by atoms with Gasteiger partial charge in [0.15, 0.2) is 0 Å². The van der Waals surface area contributed by atoms with Crippen molar-refractivity contribution in [3.05, 3.63) is 51.5 Å². The van der Waals surface area contributed by atoms with Gasteiger partial charge in [-0.05, 0) is 72.7 Å². The van der Waals surface area contributed by atoms with Crippen molar-refractivity contribution in [2.24, 2.45) is 0 Å². The number of hydrogen-bond donors (Lipinski definition) is 1. The maximum Gasteiger partial charge on any atom is 0.410 e. The fourth-order valence-electron chi connectivity index (χ4n) is 3.67. The molecule has 1 N–H and O–H groups in total. The van der Waals surface area contributed by atoms with Crippen LogP contribution >= 0.6 is 22.6 Å². The van der Waals surface area contributed by atoms with E-state index in [2.05, 4.69) is 37.7 Å². The highest BCUT2D eigenvalue weighted by Crippen LogP contribution is 2.27. The molecule has 1 fully saturated rings. The molecule has 4 rings (SSSR count). The van der Waals surface area contributed by atoms with Crippen molar-refractivity contribution < 1.29 is 13.9 Å². The Kier molecular flexibility index (Phi) is 6.20. The lowest BCUT2D eigenvalue weighted by atomic mass is 10.0. The zero-order valence-electron chi connectivity index (χ0n) is 17.9. The van der Waals surface area contributed by atoms with Gasteiger partial charge in [0.05, 0.1) is 5.52 Å². The van der Waals surface area contributed by atoms with Crippen LogP contribution in [0.5, 0.6) is 0 Å². The third-order valence-electron chi connectivity index (χ3n) is 5.31. The summed E-state index contributed by atoms with van der Waals surface area (Å²) in [6.07, 6.45) is -0.285. The van der Waals surface area contributed by atoms with Crippen LogP contribution < -0.4 is 0 Å². The van der Waals surface area contributed by atoms with Crippen molar-refractivity contribution in [1.82, 2.24) is 20.0 Å². The van der Waals surface area contributed by atoms with Crippen LogP contribution in [0.3, 0.4) is 0 Å². The summed E-state index contributed by atoms with van der Waals surface area (Å²) in [6, 6.07) is 11.4. The molecular formula is C23H26FIN4O2. The van der Waals surface area contributed by atoms with E-state index in [1.165, 1.54) is 0 Å². The average Bonchev–Trinajstić information content (AvgIpc) is 3.09. The Morgan fingerprint density at radius 1 is 1.13 bits per heavy atom. The first-order chi connectivity index (χ1) is 14.7. The number of nitrogens with one attached hydrogen (secondary N) is 1. The highest BCUT2D eigenvalue weighted by molar-refractivity contribution is 14.1. The molecular weight excluding hydrogens is 510 g/mol. The zero-order chi connectivity index (χ0) is 22.2. The molecule has 3 aromatic rings. The summed E-state index contributed by atoms with van der Waals surface area (Å²) >= 11 is 2.21. The minimum Gasteiger partial charge on any atom is -0.444 e. The van der Waals surface area contributed by atoms with Crippen molar-refractivity contribution in [1.29, 1.82) is 0 Å². The molecule has 164 valence electrons. The highest BCUT2D eigenvalue weighted by atomic mass is 127. The maximum atomic E-state index is 14.9. The minimum absolute atomic E-state index is 0.214. The third kappa shape index (κ3) is 5.17. The van der Waals surface area contributed by atoms with Crippen LogP contribution in [0.2, 0.25) is 0 Å². The molecule has 2 aromatic carbocycles. The molecule has 1 aliphatic heterocycles. The molecule has 1 aromatic heterocycles. The number of carbonyl (C=O) groups excluding carboxylic acids is 1. The first kappa shape index (κ1) is 22.0. The summed E-state index contributed by atoms with van der Waals surface area (Å²) in [5.41, 5.74) is 2.86. The average molecular weight is 536 g/mol. The lowest BCUT2D eigenvalue weighted by Gasteiger charge is -2.35. The summed E-state index contributed by atoms with van der Waals surface area (Å²) in [6.45, 7) is 8.65. The summed E-state index contributed by atoms with van der Waals surface area (Å²) in [5, 5.41) is 8.24. The number of benzene rings is 2. The standard InChI is InChI=1S/C23H26FIN4O2/c1-23(2,3)31-22(30)29-10-8-28(9-11-29)14-17-5-4-16(13-19(17)24)15-6-7-20-18(12-15)21(25)27-26-20/h4-7,12-13H,8-11,14H2,1-3H3,(H,26,27). The van der Waals surface area contributed by atoms with Gasteiger partial charge in [0, 0.05) is 43.7 Å². The Balaban J connectivity index is 1.40. The third-order valence-corrected chi connectivity index (χ3v) is 6.13. The molecule has 2 heterocycles. The SMILES string of the molecule is CC(C)(C)OC(=O)N1CCN(Cc2ccc(-c3ccc4n[nH]c(I)c4c3)cc2F)CC1. The van der Waals surface area contributed by atoms with Gasteiger partial charge in [-0.2, -0.15) is 5.10 Å². The molecule has 31 heavy (non-hydrogen) atoms. The zero-order valence-corrected chi connectivity index (χ0v) is 20.1. The Morgan fingerprint density at radius 2 is 1.81 bits per heavy atom. The Bertz CT molecular complexity index is 1100. The monoisotopic (exact) mass is 536 g/mol. The van der Waals surface area contributed by atoms with Gasteiger partial charge >= 0.3 is 6.09 Å². The number of ether oxygens (including phenoxy) is 1. The number of aromatic nitrogens is 2. The summed E-state index contributed by atoms with van der Waals surface area (Å²) in [4.78, 5) is 16.1. The van der Waals surface area contributed by atoms with E-state index < -0.39 is 5.60 Å². The molecule has 6 nitrogen and oxygen atoms in total. The molecule has 0 unspecified atom stereocenters. The van der Waals surface area contributed by atoms with Crippen molar-refractivity contribution in [3.8, 4) is 11.1 Å². The number of halogens is 2. The smallest absolute Gasteiger partial charge is 0.410 e. The van der Waals surface area contributed by atoms with E-state index in [1.807, 2.05) is 51.1 Å². The van der Waals surface area contributed by atoms with Gasteiger partial charge < -0.3 is 9.64 Å². The van der Waals surface area contributed by atoms with E-state index >= 15 is 0 Å². The quantitative estimate of drug-likeness (QED) is 0.478. The number of fused-ring (bicyclic) bond motifs is 1. The number of aromatic amines is 1. The van der Waals surface area contributed by atoms with E-state index in [-0.39, 0.29) is 11.9 Å². The molecule has 0 radical (unpaired) electrons. The second-order valence-electron chi connectivity index (χ2n) is 8.82. The van der Waals surface area contributed by atoms with Crippen LogP contribution in [-0.2, 0) is 11.3 Å². The summed E-state index contributed by atoms with van der Waals surface area (Å²) < 4.78 is 21.3. The molecule has 0 bridgehead atoms. The van der Waals surface area contributed by atoms with Crippen LogP contribution in [0.1, 0.15) is 26.3 Å². The van der Waals surface area contributed by atoms with E-state index in [1.54, 1.807) is 11.0 Å². The van der Waals surface area contributed by atoms with Gasteiger partial charge in [0.1, 0.15) is 15.1 Å². The van der Waals surface area contributed by atoms with Crippen molar-refractivity contribution in [2.45, 2.75) is 32.9 Å². The number of rotatable bonds is 3.